The maximum atomic E-state index is 14.0. The third-order valence-electron chi connectivity index (χ3n) is 10.3. The summed E-state index contributed by atoms with van der Waals surface area (Å²) in [5.41, 5.74) is 2.40. The van der Waals surface area contributed by atoms with E-state index in [2.05, 4.69) is 10.3 Å². The van der Waals surface area contributed by atoms with Crippen LogP contribution in [0.5, 0.6) is 11.5 Å². The van der Waals surface area contributed by atoms with Crippen LogP contribution in [-0.4, -0.2) is 54.2 Å². The number of rotatable bonds is 9. The molecule has 13 heteroatoms. The van der Waals surface area contributed by atoms with E-state index >= 15 is 0 Å². The number of thiazole rings is 1. The number of aromatic nitrogens is 1. The number of aromatic amines is 1. The van der Waals surface area contributed by atoms with Crippen LogP contribution in [0.2, 0.25) is 0 Å². The molecule has 1 saturated heterocycles. The molecule has 2 aliphatic carbocycles. The third kappa shape index (κ3) is 5.30. The first kappa shape index (κ1) is 32.3. The molecule has 4 aliphatic rings. The Labute approximate surface area is 295 Å². The first-order chi connectivity index (χ1) is 24.3. The molecule has 3 fully saturated rings. The highest BCUT2D eigenvalue weighted by atomic mass is 32.2. The first-order valence-electron chi connectivity index (χ1n) is 16.5. The summed E-state index contributed by atoms with van der Waals surface area (Å²) in [6.07, 6.45) is 0.784. The van der Waals surface area contributed by atoms with Crippen molar-refractivity contribution in [3.05, 3.63) is 98.5 Å². The molecule has 4 aromatic rings. The molecule has 2 N–H and O–H groups in total. The second-order valence-corrected chi connectivity index (χ2v) is 15.1. The van der Waals surface area contributed by atoms with Gasteiger partial charge in [0, 0.05) is 21.7 Å². The molecule has 0 radical (unpaired) electrons. The van der Waals surface area contributed by atoms with E-state index in [0.717, 1.165) is 21.9 Å². The average molecular weight is 712 g/mol. The second kappa shape index (κ2) is 12.8. The van der Waals surface area contributed by atoms with Gasteiger partial charge >= 0.3 is 10.8 Å². The molecular weight excluding hydrogens is 679 g/mol. The zero-order chi connectivity index (χ0) is 34.7. The largest absolute Gasteiger partial charge is 0.493 e. The smallest absolute Gasteiger partial charge is 0.338 e. The highest BCUT2D eigenvalue weighted by molar-refractivity contribution is 8.00. The Morgan fingerprint density at radius 1 is 0.940 bits per heavy atom. The number of methoxy groups -OCH3 is 1. The normalized spacial score (nSPS) is 25.9. The Balaban J connectivity index is 1.03. The van der Waals surface area contributed by atoms with Crippen LogP contribution >= 0.6 is 23.1 Å². The van der Waals surface area contributed by atoms with Gasteiger partial charge in [0.05, 0.1) is 41.8 Å². The molecular formula is C37H33N3O8S2. The van der Waals surface area contributed by atoms with Crippen molar-refractivity contribution in [3.8, 4) is 11.5 Å². The fourth-order valence-electron chi connectivity index (χ4n) is 8.46. The molecule has 0 spiro atoms. The van der Waals surface area contributed by atoms with Gasteiger partial charge in [0.25, 0.3) is 5.91 Å². The monoisotopic (exact) mass is 711 g/mol. The minimum absolute atomic E-state index is 0.00796. The average Bonchev–Trinajstić information content (AvgIpc) is 3.86. The lowest BCUT2D eigenvalue weighted by molar-refractivity contribution is -0.123. The van der Waals surface area contributed by atoms with Gasteiger partial charge in [-0.15, -0.1) is 11.8 Å². The Hall–Kier alpha value is -4.88. The molecule has 2 saturated carbocycles. The topological polar surface area (TPSA) is 144 Å². The third-order valence-corrected chi connectivity index (χ3v) is 12.9. The quantitative estimate of drug-likeness (QED) is 0.174. The molecule has 3 amide bonds. The predicted octanol–water partition coefficient (Wildman–Crippen LogP) is 5.32. The molecule has 11 nitrogen and oxygen atoms in total. The summed E-state index contributed by atoms with van der Waals surface area (Å²) in [6, 6.07) is 21.1. The summed E-state index contributed by atoms with van der Waals surface area (Å²) in [5, 5.41) is 3.62. The first-order valence-corrected chi connectivity index (χ1v) is 18.2. The van der Waals surface area contributed by atoms with Gasteiger partial charge in [-0.05, 0) is 85.2 Å². The summed E-state index contributed by atoms with van der Waals surface area (Å²) in [5.74, 6) is -1.27. The standard InChI is InChI=1S/C37H33N3O8S2/c1-3-47-36(44)18-9-12-20(13-10-18)38-26(41)17-48-24-14-11-19(15-25(24)46-2)27-28-22-16-23(31(28)49-33-32(27)50-37(45)39-33)30-29(22)34(42)40(35(30)43)21-7-5-4-6-8-21/h4-15,22-23,27-31H,3,16-17H2,1-2H3,(H,38,41)(H,39,45)/t22-,23-,27+,28-,29+,30+,31-/m1/s1. The van der Waals surface area contributed by atoms with Gasteiger partial charge in [-0.3, -0.25) is 24.1 Å². The van der Waals surface area contributed by atoms with E-state index in [-0.39, 0.29) is 64.7 Å². The van der Waals surface area contributed by atoms with Gasteiger partial charge < -0.3 is 24.5 Å². The van der Waals surface area contributed by atoms with Crippen molar-refractivity contribution < 1.29 is 33.4 Å². The molecule has 0 unspecified atom stereocenters. The van der Waals surface area contributed by atoms with Gasteiger partial charge in [0.15, 0.2) is 18.1 Å². The van der Waals surface area contributed by atoms with Crippen molar-refractivity contribution in [1.29, 1.82) is 0 Å². The number of nitrogens with one attached hydrogen (secondary N) is 2. The van der Waals surface area contributed by atoms with Crippen LogP contribution in [0.15, 0.2) is 82.6 Å². The number of carbonyl (C=O) groups is 4. The van der Waals surface area contributed by atoms with Gasteiger partial charge in [-0.1, -0.05) is 35.6 Å². The lowest BCUT2D eigenvalue weighted by Crippen LogP contribution is -2.42. The molecule has 3 heterocycles. The highest BCUT2D eigenvalue weighted by Gasteiger charge is 2.69. The number of amides is 3. The van der Waals surface area contributed by atoms with Crippen molar-refractivity contribution in [2.45, 2.75) is 29.5 Å². The molecule has 256 valence electrons. The fraction of sp³-hybridized carbons (Fsp3) is 0.324. The zero-order valence-corrected chi connectivity index (χ0v) is 28.8. The minimum Gasteiger partial charge on any atom is -0.493 e. The summed E-state index contributed by atoms with van der Waals surface area (Å²) in [7, 11) is 1.53. The number of carbonyl (C=O) groups excluding carboxylic acids is 4. The Kier molecular flexibility index (Phi) is 8.26. The number of anilines is 2. The summed E-state index contributed by atoms with van der Waals surface area (Å²) < 4.78 is 16.6. The Morgan fingerprint density at radius 3 is 2.40 bits per heavy atom. The number of esters is 1. The molecule has 1 aromatic heterocycles. The number of ether oxygens (including phenoxy) is 3. The number of nitrogens with zero attached hydrogens (tertiary/aromatic N) is 1. The van der Waals surface area contributed by atoms with Crippen LogP contribution in [0.4, 0.5) is 11.4 Å². The number of hydrogen-bond acceptors (Lipinski definition) is 10. The number of thioether (sulfide) groups is 1. The van der Waals surface area contributed by atoms with Crippen molar-refractivity contribution in [1.82, 2.24) is 4.98 Å². The molecule has 8 rings (SSSR count). The van der Waals surface area contributed by atoms with Crippen molar-refractivity contribution in [3.63, 3.8) is 0 Å². The van der Waals surface area contributed by atoms with E-state index in [0.29, 0.717) is 28.4 Å². The number of benzene rings is 3. The van der Waals surface area contributed by atoms with E-state index in [4.69, 9.17) is 14.2 Å². The fourth-order valence-corrected chi connectivity index (χ4v) is 11.4. The zero-order valence-electron chi connectivity index (χ0n) is 27.1. The minimum atomic E-state index is -0.435. The summed E-state index contributed by atoms with van der Waals surface area (Å²) >= 11 is 2.82. The Morgan fingerprint density at radius 2 is 1.68 bits per heavy atom. The van der Waals surface area contributed by atoms with Crippen LogP contribution in [0.3, 0.4) is 0 Å². The SMILES string of the molecule is CCOC(=O)c1ccc(NC(=O)COc2ccc([C@@H]3c4sc(=O)[nH]c4S[C@@H]4[C@@H]5C[C@@H]([C@@H]6C(=O)N(c7ccccc7)C(=O)[C@@H]56)[C@H]34)cc2OC)cc1. The van der Waals surface area contributed by atoms with Crippen LogP contribution in [0, 0.1) is 29.6 Å². The molecule has 2 bridgehead atoms. The highest BCUT2D eigenvalue weighted by Crippen LogP contribution is 2.68. The van der Waals surface area contributed by atoms with Crippen LogP contribution in [0.1, 0.15) is 40.1 Å². The van der Waals surface area contributed by atoms with Crippen molar-refractivity contribution in [2.75, 3.05) is 30.5 Å². The molecule has 50 heavy (non-hydrogen) atoms. The van der Waals surface area contributed by atoms with Gasteiger partial charge in [-0.25, -0.2) is 4.79 Å². The number of H-pyrrole nitrogens is 1. The lowest BCUT2D eigenvalue weighted by atomic mass is 9.68. The Bertz CT molecular complexity index is 2060. The number of para-hydroxylation sites is 1. The van der Waals surface area contributed by atoms with E-state index < -0.39 is 17.8 Å². The van der Waals surface area contributed by atoms with Crippen LogP contribution in [0.25, 0.3) is 0 Å². The maximum absolute atomic E-state index is 14.0. The predicted molar refractivity (Wildman–Crippen MR) is 187 cm³/mol. The van der Waals surface area contributed by atoms with E-state index in [9.17, 15) is 24.0 Å². The van der Waals surface area contributed by atoms with Crippen LogP contribution in [-0.2, 0) is 19.1 Å². The van der Waals surface area contributed by atoms with Crippen molar-refractivity contribution in [2.24, 2.45) is 29.6 Å². The van der Waals surface area contributed by atoms with Crippen LogP contribution < -0.4 is 24.6 Å². The lowest BCUT2D eigenvalue weighted by Gasteiger charge is -2.43. The number of imide groups is 1. The van der Waals surface area contributed by atoms with E-state index in [1.54, 1.807) is 61.2 Å². The van der Waals surface area contributed by atoms with Gasteiger partial charge in [-0.2, -0.15) is 0 Å². The van der Waals surface area contributed by atoms with Crippen molar-refractivity contribution >= 4 is 58.2 Å². The molecule has 3 aromatic carbocycles. The number of fused-ring (bicyclic) bond motifs is 9. The summed E-state index contributed by atoms with van der Waals surface area (Å²) in [4.78, 5) is 70.3. The molecule has 7 atom stereocenters. The maximum Gasteiger partial charge on any atom is 0.338 e. The second-order valence-electron chi connectivity index (χ2n) is 12.9. The van der Waals surface area contributed by atoms with Gasteiger partial charge in [0.2, 0.25) is 11.8 Å². The summed E-state index contributed by atoms with van der Waals surface area (Å²) in [6.45, 7) is 1.72. The van der Waals surface area contributed by atoms with E-state index in [1.165, 1.54) is 23.3 Å². The molecule has 2 aliphatic heterocycles. The van der Waals surface area contributed by atoms with Gasteiger partial charge in [0.1, 0.15) is 0 Å². The number of hydrogen-bond donors (Lipinski definition) is 2. The van der Waals surface area contributed by atoms with E-state index in [1.807, 2.05) is 30.3 Å².